The molecular formula is C17H18ClN5O. The Hall–Kier alpha value is -1.76. The van der Waals surface area contributed by atoms with Crippen LogP contribution in [0.15, 0.2) is 29.4 Å². The first kappa shape index (κ1) is 14.6. The molecule has 2 bridgehead atoms. The number of rotatable bonds is 1. The van der Waals surface area contributed by atoms with Gasteiger partial charge in [-0.2, -0.15) is 4.99 Å². The third kappa shape index (κ3) is 2.37. The normalized spacial score (nSPS) is 33.5. The van der Waals surface area contributed by atoms with Crippen LogP contribution in [0.4, 0.5) is 5.95 Å². The second-order valence-corrected chi connectivity index (χ2v) is 7.36. The fourth-order valence-corrected chi connectivity index (χ4v) is 4.37. The zero-order valence-corrected chi connectivity index (χ0v) is 14.0. The fourth-order valence-electron chi connectivity index (χ4n) is 4.19. The number of benzene rings is 1. The van der Waals surface area contributed by atoms with E-state index in [-0.39, 0.29) is 5.60 Å². The maximum Gasteiger partial charge on any atom is 0.251 e. The highest BCUT2D eigenvalue weighted by Gasteiger charge is 2.52. The lowest BCUT2D eigenvalue weighted by Gasteiger charge is -2.49. The number of hydroxylamine groups is 1. The molecule has 1 N–H and O–H groups in total. The van der Waals surface area contributed by atoms with Gasteiger partial charge in [0.25, 0.3) is 5.95 Å². The number of halogens is 1. The van der Waals surface area contributed by atoms with E-state index in [4.69, 9.17) is 16.4 Å². The predicted octanol–water partition coefficient (Wildman–Crippen LogP) is 2.70. The molecule has 0 amide bonds. The smallest absolute Gasteiger partial charge is 0.251 e. The number of piperidine rings is 3. The Balaban J connectivity index is 1.42. The van der Waals surface area contributed by atoms with Gasteiger partial charge in [-0.25, -0.2) is 9.97 Å². The van der Waals surface area contributed by atoms with Gasteiger partial charge in [0.2, 0.25) is 0 Å². The molecule has 0 saturated carbocycles. The Morgan fingerprint density at radius 1 is 1.33 bits per heavy atom. The molecule has 4 saturated heterocycles. The molecule has 6 rings (SSSR count). The van der Waals surface area contributed by atoms with Crippen molar-refractivity contribution in [3.05, 3.63) is 29.4 Å². The van der Waals surface area contributed by atoms with Crippen LogP contribution in [-0.4, -0.2) is 45.9 Å². The van der Waals surface area contributed by atoms with E-state index in [2.05, 4.69) is 25.3 Å². The molecule has 4 fully saturated rings. The Kier molecular flexibility index (Phi) is 3.26. The van der Waals surface area contributed by atoms with Crippen molar-refractivity contribution < 1.29 is 4.84 Å². The topological polar surface area (TPSA) is 62.6 Å². The van der Waals surface area contributed by atoms with Crippen LogP contribution in [0.5, 0.6) is 0 Å². The predicted molar refractivity (Wildman–Crippen MR) is 92.4 cm³/mol. The fraction of sp³-hybridized carbons (Fsp3) is 0.471. The molecule has 4 aliphatic rings. The Morgan fingerprint density at radius 3 is 3.00 bits per heavy atom. The van der Waals surface area contributed by atoms with Crippen LogP contribution in [0.1, 0.15) is 19.3 Å². The van der Waals surface area contributed by atoms with Crippen LogP contribution in [-0.2, 0) is 4.84 Å². The van der Waals surface area contributed by atoms with Gasteiger partial charge in [0.05, 0.1) is 5.52 Å². The lowest BCUT2D eigenvalue weighted by molar-refractivity contribution is -0.150. The van der Waals surface area contributed by atoms with E-state index in [0.717, 1.165) is 29.7 Å². The second-order valence-electron chi connectivity index (χ2n) is 6.93. The summed E-state index contributed by atoms with van der Waals surface area (Å²) in [6, 6.07) is 5.57. The van der Waals surface area contributed by atoms with Gasteiger partial charge in [-0.1, -0.05) is 11.6 Å². The minimum Gasteiger partial charge on any atom is -0.300 e. The molecule has 1 spiro atoms. The third-order valence-corrected chi connectivity index (χ3v) is 5.66. The molecule has 1 aromatic carbocycles. The maximum absolute atomic E-state index is 6.01. The van der Waals surface area contributed by atoms with E-state index >= 15 is 0 Å². The standard InChI is InChI=1S/C17H18ClN5O/c18-13-1-2-14-11(7-13)9-19-16(20-14)21-15-8-17(24-22-15)10-23-5-3-12(17)4-6-23/h1-2,7,9,12H,3-6,8,10H2,(H,19,20,21,22)/t17-/m0/s1. The highest BCUT2D eigenvalue weighted by Crippen LogP contribution is 2.42. The van der Waals surface area contributed by atoms with Crippen LogP contribution < -0.4 is 5.48 Å². The van der Waals surface area contributed by atoms with Crippen molar-refractivity contribution in [2.75, 3.05) is 19.6 Å². The van der Waals surface area contributed by atoms with Crippen molar-refractivity contribution in [3.8, 4) is 0 Å². The number of aromatic nitrogens is 2. The summed E-state index contributed by atoms with van der Waals surface area (Å²) in [6.07, 6.45) is 4.98. The maximum atomic E-state index is 6.01. The summed E-state index contributed by atoms with van der Waals surface area (Å²) in [4.78, 5) is 21.9. The average Bonchev–Trinajstić information content (AvgIpc) is 2.98. The summed E-state index contributed by atoms with van der Waals surface area (Å²) in [5.74, 6) is 1.88. The van der Waals surface area contributed by atoms with E-state index in [1.165, 1.54) is 25.9 Å². The molecule has 124 valence electrons. The molecule has 0 radical (unpaired) electrons. The van der Waals surface area contributed by atoms with E-state index < -0.39 is 0 Å². The quantitative estimate of drug-likeness (QED) is 0.862. The minimum atomic E-state index is -0.125. The largest absolute Gasteiger partial charge is 0.300 e. The molecule has 24 heavy (non-hydrogen) atoms. The summed E-state index contributed by atoms with van der Waals surface area (Å²) < 4.78 is 0. The molecule has 0 aliphatic carbocycles. The van der Waals surface area contributed by atoms with Crippen molar-refractivity contribution in [2.45, 2.75) is 24.9 Å². The molecule has 2 aromatic rings. The lowest BCUT2D eigenvalue weighted by atomic mass is 9.74. The first-order valence-corrected chi connectivity index (χ1v) is 8.74. The zero-order chi connectivity index (χ0) is 16.1. The van der Waals surface area contributed by atoms with Crippen LogP contribution >= 0.6 is 11.6 Å². The van der Waals surface area contributed by atoms with E-state index in [0.29, 0.717) is 16.9 Å². The minimum absolute atomic E-state index is 0.125. The SMILES string of the molecule is Clc1ccc2nc(/N=C3/C[C@@]4(CN5CCC4CC5)ON3)ncc2c1. The number of nitrogens with zero attached hydrogens (tertiary/aromatic N) is 4. The van der Waals surface area contributed by atoms with Gasteiger partial charge >= 0.3 is 0 Å². The van der Waals surface area contributed by atoms with E-state index in [1.807, 2.05) is 18.2 Å². The van der Waals surface area contributed by atoms with Crippen molar-refractivity contribution in [1.82, 2.24) is 20.3 Å². The van der Waals surface area contributed by atoms with Crippen LogP contribution in [0, 0.1) is 5.92 Å². The van der Waals surface area contributed by atoms with Gasteiger partial charge in [-0.05, 0) is 50.0 Å². The van der Waals surface area contributed by atoms with E-state index in [1.54, 1.807) is 6.20 Å². The van der Waals surface area contributed by atoms with Crippen molar-refractivity contribution in [1.29, 1.82) is 0 Å². The number of hydrogen-bond acceptors (Lipinski definition) is 5. The number of aliphatic imine (C=N–C) groups is 1. The van der Waals surface area contributed by atoms with Gasteiger partial charge in [0, 0.05) is 29.6 Å². The van der Waals surface area contributed by atoms with Crippen molar-refractivity contribution >= 4 is 34.3 Å². The van der Waals surface area contributed by atoms with Gasteiger partial charge in [0.1, 0.15) is 11.4 Å². The van der Waals surface area contributed by atoms with Gasteiger partial charge in [0.15, 0.2) is 0 Å². The van der Waals surface area contributed by atoms with Gasteiger partial charge < -0.3 is 4.90 Å². The van der Waals surface area contributed by atoms with Crippen molar-refractivity contribution in [3.63, 3.8) is 0 Å². The Morgan fingerprint density at radius 2 is 2.21 bits per heavy atom. The third-order valence-electron chi connectivity index (χ3n) is 5.43. The molecular weight excluding hydrogens is 326 g/mol. The highest BCUT2D eigenvalue weighted by atomic mass is 35.5. The first-order chi connectivity index (χ1) is 11.7. The van der Waals surface area contributed by atoms with Crippen LogP contribution in [0.25, 0.3) is 10.9 Å². The Labute approximate surface area is 144 Å². The van der Waals surface area contributed by atoms with Crippen molar-refractivity contribution in [2.24, 2.45) is 10.9 Å². The lowest BCUT2D eigenvalue weighted by Crippen LogP contribution is -2.59. The van der Waals surface area contributed by atoms with Crippen LogP contribution in [0.3, 0.4) is 0 Å². The van der Waals surface area contributed by atoms with E-state index in [9.17, 15) is 0 Å². The number of amidine groups is 1. The zero-order valence-electron chi connectivity index (χ0n) is 13.2. The second kappa shape index (κ2) is 5.37. The highest BCUT2D eigenvalue weighted by molar-refractivity contribution is 6.31. The average molecular weight is 344 g/mol. The molecule has 1 aromatic heterocycles. The molecule has 4 aliphatic heterocycles. The molecule has 0 unspecified atom stereocenters. The summed E-state index contributed by atoms with van der Waals surface area (Å²) in [5, 5.41) is 1.59. The summed E-state index contributed by atoms with van der Waals surface area (Å²) in [6.45, 7) is 3.37. The molecule has 1 atom stereocenters. The van der Waals surface area contributed by atoms with Crippen LogP contribution in [0.2, 0.25) is 5.02 Å². The number of hydrogen-bond donors (Lipinski definition) is 1. The number of fused-ring (bicyclic) bond motifs is 3. The summed E-state index contributed by atoms with van der Waals surface area (Å²) >= 11 is 6.00. The van der Waals surface area contributed by atoms with Gasteiger partial charge in [-0.15, -0.1) is 0 Å². The molecule has 5 heterocycles. The Bertz CT molecular complexity index is 833. The summed E-state index contributed by atoms with van der Waals surface area (Å²) in [5.41, 5.74) is 3.74. The summed E-state index contributed by atoms with van der Waals surface area (Å²) in [7, 11) is 0. The van der Waals surface area contributed by atoms with Gasteiger partial charge in [-0.3, -0.25) is 10.3 Å². The molecule has 6 nitrogen and oxygen atoms in total. The molecule has 7 heteroatoms. The monoisotopic (exact) mass is 343 g/mol. The first-order valence-electron chi connectivity index (χ1n) is 8.36. The number of nitrogens with one attached hydrogen (secondary N) is 1.